The summed E-state index contributed by atoms with van der Waals surface area (Å²) in [5, 5.41) is 13.3. The number of halogens is 3. The molecule has 21 heavy (non-hydrogen) atoms. The Balaban J connectivity index is 0.00000200. The number of rotatable bonds is 5. The predicted octanol–water partition coefficient (Wildman–Crippen LogP) is 3.51. The molecule has 1 aromatic rings. The van der Waals surface area contributed by atoms with Crippen molar-refractivity contribution in [2.75, 3.05) is 26.2 Å². The average Bonchev–Trinajstić information content (AvgIpc) is 2.45. The molecule has 0 saturated carbocycles. The fourth-order valence-corrected chi connectivity index (χ4v) is 2.73. The zero-order valence-corrected chi connectivity index (χ0v) is 14.0. The first-order valence-corrected chi connectivity index (χ1v) is 7.16. The summed E-state index contributed by atoms with van der Waals surface area (Å²) in [4.78, 5) is 2.35. The summed E-state index contributed by atoms with van der Waals surface area (Å²) in [6, 6.07) is 4.97. The molecule has 1 aliphatic heterocycles. The number of nitrogens with zero attached hydrogens (tertiary/aromatic N) is 1. The van der Waals surface area contributed by atoms with Crippen LogP contribution in [-0.2, 0) is 0 Å². The van der Waals surface area contributed by atoms with Gasteiger partial charge in [0.05, 0.1) is 0 Å². The first kappa shape index (κ1) is 20.5. The van der Waals surface area contributed by atoms with Crippen molar-refractivity contribution in [2.24, 2.45) is 0 Å². The summed E-state index contributed by atoms with van der Waals surface area (Å²) < 4.78 is 13.5. The van der Waals surface area contributed by atoms with Crippen molar-refractivity contribution in [1.82, 2.24) is 10.2 Å². The Morgan fingerprint density at radius 3 is 2.57 bits per heavy atom. The van der Waals surface area contributed by atoms with Crippen LogP contribution in [0.5, 0.6) is 5.75 Å². The zero-order chi connectivity index (χ0) is 13.7. The van der Waals surface area contributed by atoms with E-state index in [1.54, 1.807) is 6.07 Å². The summed E-state index contributed by atoms with van der Waals surface area (Å²) in [5.41, 5.74) is 0.732. The van der Waals surface area contributed by atoms with Gasteiger partial charge >= 0.3 is 0 Å². The number of unbranched alkanes of at least 4 members (excludes halogenated alkanes) is 1. The molecule has 0 bridgehead atoms. The molecule has 0 aromatic heterocycles. The van der Waals surface area contributed by atoms with Crippen molar-refractivity contribution >= 4 is 24.8 Å². The van der Waals surface area contributed by atoms with Crippen LogP contribution < -0.4 is 5.32 Å². The van der Waals surface area contributed by atoms with E-state index in [1.165, 1.54) is 6.07 Å². The molecule has 3 nitrogen and oxygen atoms in total. The van der Waals surface area contributed by atoms with E-state index in [-0.39, 0.29) is 36.6 Å². The summed E-state index contributed by atoms with van der Waals surface area (Å²) in [6.45, 7) is 5.96. The number of hydrogen-bond acceptors (Lipinski definition) is 3. The smallest absolute Gasteiger partial charge is 0.165 e. The van der Waals surface area contributed by atoms with Crippen molar-refractivity contribution in [3.05, 3.63) is 29.6 Å². The number of para-hydroxylation sites is 1. The largest absolute Gasteiger partial charge is 0.505 e. The minimum Gasteiger partial charge on any atom is -0.505 e. The minimum absolute atomic E-state index is 0. The Labute approximate surface area is 138 Å². The van der Waals surface area contributed by atoms with Gasteiger partial charge in [-0.3, -0.25) is 4.90 Å². The summed E-state index contributed by atoms with van der Waals surface area (Å²) in [7, 11) is 0. The van der Waals surface area contributed by atoms with Crippen molar-refractivity contribution in [2.45, 2.75) is 32.2 Å². The number of benzene rings is 1. The first-order valence-electron chi connectivity index (χ1n) is 7.16. The van der Waals surface area contributed by atoms with Gasteiger partial charge < -0.3 is 10.4 Å². The zero-order valence-electron chi connectivity index (χ0n) is 12.3. The number of nitrogens with one attached hydrogen (secondary N) is 1. The second-order valence-corrected chi connectivity index (χ2v) is 5.12. The highest BCUT2D eigenvalue weighted by atomic mass is 35.5. The SMILES string of the molecule is CCCC[C@H](c1cccc(F)c1O)N1CCNCC1.Cl.Cl. The Morgan fingerprint density at radius 1 is 1.29 bits per heavy atom. The molecule has 1 atom stereocenters. The number of hydrogen-bond donors (Lipinski definition) is 2. The fraction of sp³-hybridized carbons (Fsp3) is 0.600. The third kappa shape index (κ3) is 5.29. The molecule has 1 aromatic carbocycles. The van der Waals surface area contributed by atoms with Gasteiger partial charge in [-0.1, -0.05) is 31.9 Å². The highest BCUT2D eigenvalue weighted by molar-refractivity contribution is 5.85. The van der Waals surface area contributed by atoms with E-state index in [2.05, 4.69) is 17.1 Å². The standard InChI is InChI=1S/C15H23FN2O.2ClH/c1-2-3-7-14(18-10-8-17-9-11-18)12-5-4-6-13(16)15(12)19;;/h4-6,14,17,19H,2-3,7-11H2,1H3;2*1H/t14-;;/m1../s1. The summed E-state index contributed by atoms with van der Waals surface area (Å²) in [5.74, 6) is -0.698. The molecule has 1 fully saturated rings. The number of aromatic hydroxyl groups is 1. The third-order valence-corrected chi connectivity index (χ3v) is 3.80. The summed E-state index contributed by atoms with van der Waals surface area (Å²) >= 11 is 0. The number of piperazine rings is 1. The maximum absolute atomic E-state index is 13.5. The molecular weight excluding hydrogens is 314 g/mol. The van der Waals surface area contributed by atoms with Crippen LogP contribution in [0.3, 0.4) is 0 Å². The Morgan fingerprint density at radius 2 is 1.95 bits per heavy atom. The van der Waals surface area contributed by atoms with Gasteiger partial charge in [0, 0.05) is 37.8 Å². The molecule has 1 aliphatic rings. The third-order valence-electron chi connectivity index (χ3n) is 3.80. The van der Waals surface area contributed by atoms with E-state index >= 15 is 0 Å². The number of phenols is 1. The Bertz CT molecular complexity index is 415. The van der Waals surface area contributed by atoms with Crippen LogP contribution in [0, 0.1) is 5.82 Å². The normalized spacial score (nSPS) is 16.7. The van der Waals surface area contributed by atoms with Crippen molar-refractivity contribution in [3.8, 4) is 5.75 Å². The number of phenolic OH excluding ortho intramolecular Hbond substituents is 1. The molecule has 0 amide bonds. The van der Waals surface area contributed by atoms with Crippen LogP contribution in [0.2, 0.25) is 0 Å². The lowest BCUT2D eigenvalue weighted by atomic mass is 9.97. The molecular formula is C15H25Cl2FN2O. The maximum atomic E-state index is 13.5. The molecule has 6 heteroatoms. The molecule has 1 heterocycles. The second kappa shape index (κ2) is 10.2. The van der Waals surface area contributed by atoms with Gasteiger partial charge in [-0.25, -0.2) is 4.39 Å². The fourth-order valence-electron chi connectivity index (χ4n) is 2.73. The van der Waals surface area contributed by atoms with Gasteiger partial charge in [-0.05, 0) is 12.5 Å². The van der Waals surface area contributed by atoms with Gasteiger partial charge in [0.2, 0.25) is 0 Å². The van der Waals surface area contributed by atoms with Crippen LogP contribution in [0.25, 0.3) is 0 Å². The van der Waals surface area contributed by atoms with Gasteiger partial charge in [0.1, 0.15) is 0 Å². The van der Waals surface area contributed by atoms with E-state index < -0.39 is 5.82 Å². The molecule has 1 saturated heterocycles. The van der Waals surface area contributed by atoms with Crippen molar-refractivity contribution in [1.29, 1.82) is 0 Å². The highest BCUT2D eigenvalue weighted by Gasteiger charge is 2.24. The molecule has 0 radical (unpaired) electrons. The van der Waals surface area contributed by atoms with E-state index in [0.29, 0.717) is 0 Å². The van der Waals surface area contributed by atoms with Crippen LogP contribution in [0.1, 0.15) is 37.8 Å². The monoisotopic (exact) mass is 338 g/mol. The van der Waals surface area contributed by atoms with E-state index in [4.69, 9.17) is 0 Å². The average molecular weight is 339 g/mol. The lowest BCUT2D eigenvalue weighted by Gasteiger charge is -2.35. The van der Waals surface area contributed by atoms with E-state index in [9.17, 15) is 9.50 Å². The van der Waals surface area contributed by atoms with Crippen molar-refractivity contribution < 1.29 is 9.50 Å². The molecule has 0 unspecified atom stereocenters. The minimum atomic E-state index is -0.519. The van der Waals surface area contributed by atoms with Gasteiger partial charge in [-0.15, -0.1) is 24.8 Å². The first-order chi connectivity index (χ1) is 9.24. The highest BCUT2D eigenvalue weighted by Crippen LogP contribution is 2.34. The maximum Gasteiger partial charge on any atom is 0.165 e. The van der Waals surface area contributed by atoms with E-state index in [0.717, 1.165) is 51.0 Å². The topological polar surface area (TPSA) is 35.5 Å². The lowest BCUT2D eigenvalue weighted by Crippen LogP contribution is -2.45. The predicted molar refractivity (Wildman–Crippen MR) is 89.3 cm³/mol. The second-order valence-electron chi connectivity index (χ2n) is 5.12. The molecule has 0 spiro atoms. The summed E-state index contributed by atoms with van der Waals surface area (Å²) in [6.07, 6.45) is 3.16. The van der Waals surface area contributed by atoms with Gasteiger partial charge in [0.15, 0.2) is 11.6 Å². The Kier molecular flexibility index (Phi) is 9.95. The molecule has 122 valence electrons. The van der Waals surface area contributed by atoms with Gasteiger partial charge in [0.25, 0.3) is 0 Å². The van der Waals surface area contributed by atoms with Crippen LogP contribution in [0.15, 0.2) is 18.2 Å². The van der Waals surface area contributed by atoms with Crippen molar-refractivity contribution in [3.63, 3.8) is 0 Å². The van der Waals surface area contributed by atoms with E-state index in [1.807, 2.05) is 6.07 Å². The van der Waals surface area contributed by atoms with Crippen LogP contribution in [0.4, 0.5) is 4.39 Å². The molecule has 2 rings (SSSR count). The van der Waals surface area contributed by atoms with Crippen LogP contribution >= 0.6 is 24.8 Å². The molecule has 0 aliphatic carbocycles. The lowest BCUT2D eigenvalue weighted by molar-refractivity contribution is 0.160. The molecule has 2 N–H and O–H groups in total. The van der Waals surface area contributed by atoms with Crippen LogP contribution in [-0.4, -0.2) is 36.2 Å². The Hall–Kier alpha value is -0.550. The quantitative estimate of drug-likeness (QED) is 0.862. The van der Waals surface area contributed by atoms with Gasteiger partial charge in [-0.2, -0.15) is 0 Å².